The third-order valence-corrected chi connectivity index (χ3v) is 8.98. The molecule has 0 radical (unpaired) electrons. The molecule has 0 aliphatic carbocycles. The SMILES string of the molecule is Cc1nc(-c2ccc3c(c2)OC(F)(F)O3)c(-c2cc(-c3cc(F)c(CO)c(S(C)(=O)=O)c3)ccc2-c2cc(C(=O)NC(C)(C)C#N)nn2C)o1. The van der Waals surface area contributed by atoms with Crippen molar-refractivity contribution in [1.82, 2.24) is 20.1 Å². The van der Waals surface area contributed by atoms with Crippen LogP contribution in [0.15, 0.2) is 63.9 Å². The maximum Gasteiger partial charge on any atom is 0.586 e. The van der Waals surface area contributed by atoms with Crippen molar-refractivity contribution < 1.29 is 45.4 Å². The number of halogens is 3. The Bertz CT molecular complexity index is 2360. The lowest BCUT2D eigenvalue weighted by Gasteiger charge is -2.16. The van der Waals surface area contributed by atoms with Crippen molar-refractivity contribution in [3.05, 3.63) is 77.6 Å². The third-order valence-electron chi connectivity index (χ3n) is 7.81. The Hall–Kier alpha value is -5.66. The molecule has 0 bridgehead atoms. The quantitative estimate of drug-likeness (QED) is 0.202. The Morgan fingerprint density at radius 1 is 1.04 bits per heavy atom. The van der Waals surface area contributed by atoms with Gasteiger partial charge < -0.3 is 24.3 Å². The maximum atomic E-state index is 15.2. The van der Waals surface area contributed by atoms with Gasteiger partial charge in [0.1, 0.15) is 17.1 Å². The third kappa shape index (κ3) is 6.40. The van der Waals surface area contributed by atoms with Gasteiger partial charge in [-0.05, 0) is 67.4 Å². The molecule has 1 aliphatic rings. The first-order valence-corrected chi connectivity index (χ1v) is 16.7. The molecule has 0 saturated heterocycles. The van der Waals surface area contributed by atoms with Gasteiger partial charge in [0, 0.05) is 42.5 Å². The summed E-state index contributed by atoms with van der Waals surface area (Å²) in [5, 5.41) is 26.0. The predicted octanol–water partition coefficient (Wildman–Crippen LogP) is 5.77. The topological polar surface area (TPSA) is 170 Å². The number of aliphatic hydroxyl groups excluding tert-OH is 1. The minimum Gasteiger partial charge on any atom is -0.440 e. The number of aliphatic hydroxyl groups is 1. The lowest BCUT2D eigenvalue weighted by Crippen LogP contribution is -2.42. The first kappa shape index (κ1) is 34.2. The van der Waals surface area contributed by atoms with E-state index in [1.54, 1.807) is 32.2 Å². The molecule has 1 amide bonds. The summed E-state index contributed by atoms with van der Waals surface area (Å²) in [6, 6.07) is 14.7. The number of carbonyl (C=O) groups excluding carboxylic acids is 1. The zero-order valence-corrected chi connectivity index (χ0v) is 27.9. The van der Waals surface area contributed by atoms with Gasteiger partial charge >= 0.3 is 6.29 Å². The van der Waals surface area contributed by atoms with E-state index in [1.165, 1.54) is 48.9 Å². The summed E-state index contributed by atoms with van der Waals surface area (Å²) in [6.45, 7) is 3.79. The molecule has 6 rings (SSSR count). The van der Waals surface area contributed by atoms with E-state index in [2.05, 4.69) is 24.9 Å². The highest BCUT2D eigenvalue weighted by Crippen LogP contribution is 2.46. The van der Waals surface area contributed by atoms with Crippen LogP contribution in [0.4, 0.5) is 13.2 Å². The number of fused-ring (bicyclic) bond motifs is 1. The van der Waals surface area contributed by atoms with E-state index < -0.39 is 44.9 Å². The number of carbonyl (C=O) groups is 1. The molecule has 16 heteroatoms. The average Bonchev–Trinajstić information content (AvgIpc) is 3.72. The summed E-state index contributed by atoms with van der Waals surface area (Å²) in [7, 11) is -2.38. The lowest BCUT2D eigenvalue weighted by molar-refractivity contribution is -0.286. The molecule has 0 fully saturated rings. The number of aryl methyl sites for hydroxylation is 2. The summed E-state index contributed by atoms with van der Waals surface area (Å²) in [5.41, 5.74) is 0.582. The molecule has 1 aliphatic heterocycles. The number of amides is 1. The van der Waals surface area contributed by atoms with Crippen LogP contribution in [0.2, 0.25) is 0 Å². The van der Waals surface area contributed by atoms with Gasteiger partial charge in [-0.1, -0.05) is 12.1 Å². The molecule has 0 saturated carbocycles. The molecule has 12 nitrogen and oxygen atoms in total. The van der Waals surface area contributed by atoms with Gasteiger partial charge in [-0.3, -0.25) is 9.48 Å². The zero-order valence-electron chi connectivity index (χ0n) is 27.1. The first-order chi connectivity index (χ1) is 23.4. The summed E-state index contributed by atoms with van der Waals surface area (Å²) >= 11 is 0. The fraction of sp³-hybridized carbons (Fsp3) is 0.235. The van der Waals surface area contributed by atoms with Crippen LogP contribution in [0.25, 0.3) is 45.0 Å². The molecular formula is C34H28F3N5O7S. The number of hydrogen-bond donors (Lipinski definition) is 2. The number of nitriles is 1. The number of rotatable bonds is 8. The Kier molecular flexibility index (Phi) is 8.24. The highest BCUT2D eigenvalue weighted by molar-refractivity contribution is 7.90. The molecular weight excluding hydrogens is 679 g/mol. The van der Waals surface area contributed by atoms with Gasteiger partial charge in [0.2, 0.25) is 0 Å². The van der Waals surface area contributed by atoms with E-state index in [4.69, 9.17) is 4.42 Å². The number of hydrogen-bond acceptors (Lipinski definition) is 10. The molecule has 5 aromatic rings. The van der Waals surface area contributed by atoms with Gasteiger partial charge in [0.15, 0.2) is 38.7 Å². The number of ether oxygens (including phenoxy) is 2. The molecule has 3 heterocycles. The van der Waals surface area contributed by atoms with E-state index in [0.29, 0.717) is 27.9 Å². The first-order valence-electron chi connectivity index (χ1n) is 14.8. The summed E-state index contributed by atoms with van der Waals surface area (Å²) in [4.78, 5) is 17.2. The lowest BCUT2D eigenvalue weighted by atomic mass is 9.93. The molecule has 0 atom stereocenters. The van der Waals surface area contributed by atoms with Crippen molar-refractivity contribution in [3.8, 4) is 62.5 Å². The van der Waals surface area contributed by atoms with Crippen molar-refractivity contribution >= 4 is 15.7 Å². The second kappa shape index (κ2) is 12.0. The standard InChI is InChI=1S/C34H28F3N5O7S/c1-17-39-30(19-7-9-27-28(12-19)49-34(36,37)48-27)31(47-17)22-10-18(20-11-24(35)23(15-43)29(13-20)50(5,45)46)6-8-21(22)26-14-25(41-42(26)4)32(44)40-33(2,3)16-38/h6-14,43H,15H2,1-5H3,(H,40,44). The van der Waals surface area contributed by atoms with Crippen molar-refractivity contribution in [2.24, 2.45) is 7.05 Å². The summed E-state index contributed by atoms with van der Waals surface area (Å²) in [6.07, 6.45) is -2.96. The second-order valence-corrected chi connectivity index (χ2v) is 14.1. The van der Waals surface area contributed by atoms with Gasteiger partial charge in [-0.2, -0.15) is 10.4 Å². The van der Waals surface area contributed by atoms with Crippen LogP contribution >= 0.6 is 0 Å². The summed E-state index contributed by atoms with van der Waals surface area (Å²) < 4.78 is 84.8. The smallest absolute Gasteiger partial charge is 0.440 e. The van der Waals surface area contributed by atoms with Gasteiger partial charge in [0.25, 0.3) is 5.91 Å². The highest BCUT2D eigenvalue weighted by Gasteiger charge is 2.43. The largest absolute Gasteiger partial charge is 0.586 e. The molecule has 0 unspecified atom stereocenters. The number of oxazole rings is 1. The van der Waals surface area contributed by atoms with Crippen LogP contribution in [0, 0.1) is 24.1 Å². The molecule has 2 aromatic heterocycles. The fourth-order valence-corrected chi connectivity index (χ4v) is 6.46. The Balaban J connectivity index is 1.57. The maximum absolute atomic E-state index is 15.2. The minimum atomic E-state index is -3.96. The zero-order chi connectivity index (χ0) is 36.3. The number of sulfone groups is 1. The van der Waals surface area contributed by atoms with E-state index in [9.17, 15) is 32.4 Å². The van der Waals surface area contributed by atoms with Crippen molar-refractivity contribution in [2.75, 3.05) is 6.26 Å². The van der Waals surface area contributed by atoms with E-state index >= 15 is 4.39 Å². The monoisotopic (exact) mass is 707 g/mol. The number of aromatic nitrogens is 3. The molecule has 3 aromatic carbocycles. The summed E-state index contributed by atoms with van der Waals surface area (Å²) in [5.74, 6) is -1.64. The van der Waals surface area contributed by atoms with Crippen LogP contribution in [0.3, 0.4) is 0 Å². The molecule has 2 N–H and O–H groups in total. The Morgan fingerprint density at radius 2 is 1.74 bits per heavy atom. The van der Waals surface area contributed by atoms with Gasteiger partial charge in [-0.15, -0.1) is 8.78 Å². The van der Waals surface area contributed by atoms with Crippen LogP contribution in [-0.2, 0) is 23.5 Å². The molecule has 50 heavy (non-hydrogen) atoms. The van der Waals surface area contributed by atoms with Crippen LogP contribution in [-0.4, -0.2) is 52.3 Å². The predicted molar refractivity (Wildman–Crippen MR) is 172 cm³/mol. The highest BCUT2D eigenvalue weighted by atomic mass is 32.2. The van der Waals surface area contributed by atoms with E-state index in [1.807, 2.05) is 6.07 Å². The van der Waals surface area contributed by atoms with Crippen molar-refractivity contribution in [2.45, 2.75) is 44.1 Å². The van der Waals surface area contributed by atoms with Gasteiger partial charge in [-0.25, -0.2) is 17.8 Å². The number of nitrogens with one attached hydrogen (secondary N) is 1. The number of alkyl halides is 2. The molecule has 0 spiro atoms. The van der Waals surface area contributed by atoms with Crippen molar-refractivity contribution in [3.63, 3.8) is 0 Å². The van der Waals surface area contributed by atoms with Crippen LogP contribution in [0.5, 0.6) is 11.5 Å². The minimum absolute atomic E-state index is 0.00835. The van der Waals surface area contributed by atoms with Crippen LogP contribution in [0.1, 0.15) is 35.8 Å². The number of nitrogens with zero attached hydrogens (tertiary/aromatic N) is 4. The Labute approximate surface area is 283 Å². The normalized spacial score (nSPS) is 13.7. The average molecular weight is 708 g/mol. The van der Waals surface area contributed by atoms with E-state index in [-0.39, 0.29) is 45.7 Å². The second-order valence-electron chi connectivity index (χ2n) is 12.1. The van der Waals surface area contributed by atoms with Crippen LogP contribution < -0.4 is 14.8 Å². The fourth-order valence-electron chi connectivity index (χ4n) is 5.50. The Morgan fingerprint density at radius 3 is 2.42 bits per heavy atom. The molecule has 258 valence electrons. The van der Waals surface area contributed by atoms with Crippen molar-refractivity contribution in [1.29, 1.82) is 5.26 Å². The van der Waals surface area contributed by atoms with E-state index in [0.717, 1.165) is 12.3 Å². The number of benzene rings is 3. The van der Waals surface area contributed by atoms with Gasteiger partial charge in [0.05, 0.1) is 23.3 Å².